The largest absolute Gasteiger partial charge is 0.462 e. The lowest BCUT2D eigenvalue weighted by Gasteiger charge is -2.18. The number of hydrogen-bond donors (Lipinski definition) is 0. The van der Waals surface area contributed by atoms with Crippen molar-refractivity contribution in [2.45, 2.75) is 297 Å². The van der Waals surface area contributed by atoms with E-state index in [0.717, 1.165) is 135 Å². The van der Waals surface area contributed by atoms with E-state index in [0.29, 0.717) is 19.3 Å². The molecule has 0 aromatic heterocycles. The van der Waals surface area contributed by atoms with Gasteiger partial charge in [-0.2, -0.15) is 0 Å². The lowest BCUT2D eigenvalue weighted by Crippen LogP contribution is -2.30. The number of carbonyl (C=O) groups excluding carboxylic acids is 3. The average Bonchev–Trinajstić information content (AvgIpc) is 3.39. The summed E-state index contributed by atoms with van der Waals surface area (Å²) in [6.45, 7) is 6.51. The Bertz CT molecular complexity index is 1440. The summed E-state index contributed by atoms with van der Waals surface area (Å²) in [5.41, 5.74) is 0. The predicted molar refractivity (Wildman–Crippen MR) is 316 cm³/mol. The second kappa shape index (κ2) is 60.9. The molecule has 0 bridgehead atoms. The third-order valence-corrected chi connectivity index (χ3v) is 13.1. The van der Waals surface area contributed by atoms with Crippen LogP contribution in [0, 0.1) is 0 Å². The van der Waals surface area contributed by atoms with E-state index in [1.54, 1.807) is 0 Å². The molecule has 0 saturated carbocycles. The molecule has 0 heterocycles. The highest BCUT2D eigenvalue weighted by Gasteiger charge is 2.19. The van der Waals surface area contributed by atoms with Crippen LogP contribution in [0.4, 0.5) is 0 Å². The Kier molecular flexibility index (Phi) is 57.8. The van der Waals surface area contributed by atoms with Gasteiger partial charge in [-0.25, -0.2) is 0 Å². The SMILES string of the molecule is CC/C=C\C/C=C\C/C=C\C/C=C\C/C=C\C/C=C\C/C=C\CCCCCCCC(=O)OCC(COC(=O)CCCCCCCCCCCCCC)OC(=O)CCCCCCC/C=C\CCCCCCCCC. The van der Waals surface area contributed by atoms with Gasteiger partial charge in [0.05, 0.1) is 0 Å². The standard InChI is InChI=1S/C67H114O6/c1-4-7-10-13-16-19-22-25-27-29-30-31-32-33-34-35-36-37-38-39-41-42-45-48-51-54-57-60-66(69)72-63-64(62-71-65(68)59-56-53-50-47-44-24-21-18-15-12-9-6-3)73-67(70)61-58-55-52-49-46-43-40-28-26-23-20-17-14-11-8-5-2/h7,10,16,19,25,27-28,30-31,33-34,36-37,39-41,64H,4-6,8-9,11-15,17-18,20-24,26,29,32,35,38,42-63H2,1-3H3/b10-7-,19-16-,27-25-,31-30-,34-33-,37-36-,40-28-,41-39-. The molecule has 418 valence electrons. The van der Waals surface area contributed by atoms with Gasteiger partial charge in [0.25, 0.3) is 0 Å². The molecular formula is C67H114O6. The Morgan fingerprint density at radius 3 is 0.849 bits per heavy atom. The van der Waals surface area contributed by atoms with Crippen molar-refractivity contribution in [2.24, 2.45) is 0 Å². The second-order valence-electron chi connectivity index (χ2n) is 20.2. The summed E-state index contributed by atoms with van der Waals surface area (Å²) in [6, 6.07) is 0. The fourth-order valence-corrected chi connectivity index (χ4v) is 8.48. The van der Waals surface area contributed by atoms with E-state index in [-0.39, 0.29) is 31.1 Å². The summed E-state index contributed by atoms with van der Waals surface area (Å²) in [5.74, 6) is -0.906. The Hall–Kier alpha value is -3.67. The zero-order valence-corrected chi connectivity index (χ0v) is 47.9. The monoisotopic (exact) mass is 1010 g/mol. The van der Waals surface area contributed by atoms with Gasteiger partial charge in [0, 0.05) is 19.3 Å². The van der Waals surface area contributed by atoms with E-state index in [4.69, 9.17) is 14.2 Å². The predicted octanol–water partition coefficient (Wildman–Crippen LogP) is 20.9. The first-order chi connectivity index (χ1) is 36.0. The third-order valence-electron chi connectivity index (χ3n) is 13.1. The van der Waals surface area contributed by atoms with Gasteiger partial charge in [-0.3, -0.25) is 14.4 Å². The van der Waals surface area contributed by atoms with Crippen LogP contribution < -0.4 is 0 Å². The zero-order valence-electron chi connectivity index (χ0n) is 47.9. The number of hydrogen-bond acceptors (Lipinski definition) is 6. The summed E-state index contributed by atoms with van der Waals surface area (Å²) < 4.78 is 16.9. The lowest BCUT2D eigenvalue weighted by atomic mass is 10.0. The smallest absolute Gasteiger partial charge is 0.306 e. The van der Waals surface area contributed by atoms with Gasteiger partial charge < -0.3 is 14.2 Å². The van der Waals surface area contributed by atoms with Gasteiger partial charge in [-0.15, -0.1) is 0 Å². The van der Waals surface area contributed by atoms with E-state index < -0.39 is 6.10 Å². The van der Waals surface area contributed by atoms with Crippen LogP contribution in [0.1, 0.15) is 290 Å². The van der Waals surface area contributed by atoms with Gasteiger partial charge in [-0.05, 0) is 103 Å². The molecular weight excluding hydrogens is 901 g/mol. The second-order valence-corrected chi connectivity index (χ2v) is 20.2. The summed E-state index contributed by atoms with van der Waals surface area (Å²) in [7, 11) is 0. The number of carbonyl (C=O) groups is 3. The topological polar surface area (TPSA) is 78.9 Å². The molecule has 1 atom stereocenters. The highest BCUT2D eigenvalue weighted by molar-refractivity contribution is 5.71. The highest BCUT2D eigenvalue weighted by Crippen LogP contribution is 2.15. The zero-order chi connectivity index (χ0) is 52.9. The molecule has 0 aliphatic carbocycles. The molecule has 0 aliphatic rings. The van der Waals surface area contributed by atoms with Crippen LogP contribution in [0.2, 0.25) is 0 Å². The molecule has 0 rings (SSSR count). The molecule has 0 aliphatic heterocycles. The van der Waals surface area contributed by atoms with Crippen LogP contribution in [0.5, 0.6) is 0 Å². The van der Waals surface area contributed by atoms with E-state index in [2.05, 4.69) is 118 Å². The first-order valence-electron chi connectivity index (χ1n) is 30.7. The van der Waals surface area contributed by atoms with Crippen molar-refractivity contribution in [1.82, 2.24) is 0 Å². The van der Waals surface area contributed by atoms with Crippen molar-refractivity contribution in [3.05, 3.63) is 97.2 Å². The Labute approximate surface area is 451 Å². The van der Waals surface area contributed by atoms with Crippen LogP contribution in [0.3, 0.4) is 0 Å². The minimum absolute atomic E-state index is 0.0849. The molecule has 6 nitrogen and oxygen atoms in total. The summed E-state index contributed by atoms with van der Waals surface area (Å²) in [6.07, 6.45) is 81.2. The Balaban J connectivity index is 4.35. The summed E-state index contributed by atoms with van der Waals surface area (Å²) in [5, 5.41) is 0. The first kappa shape index (κ1) is 69.3. The molecule has 73 heavy (non-hydrogen) atoms. The van der Waals surface area contributed by atoms with Crippen LogP contribution in [0.25, 0.3) is 0 Å². The number of esters is 3. The average molecular weight is 1020 g/mol. The highest BCUT2D eigenvalue weighted by atomic mass is 16.6. The quantitative estimate of drug-likeness (QED) is 0.0261. The molecule has 0 amide bonds. The maximum atomic E-state index is 12.9. The van der Waals surface area contributed by atoms with Crippen molar-refractivity contribution in [3.63, 3.8) is 0 Å². The number of unbranched alkanes of at least 4 members (excludes halogenated alkanes) is 28. The van der Waals surface area contributed by atoms with Gasteiger partial charge in [0.15, 0.2) is 6.10 Å². The molecule has 0 saturated heterocycles. The third kappa shape index (κ3) is 59.1. The number of allylic oxidation sites excluding steroid dienone is 16. The fraction of sp³-hybridized carbons (Fsp3) is 0.716. The molecule has 6 heteroatoms. The van der Waals surface area contributed by atoms with Crippen molar-refractivity contribution in [3.8, 4) is 0 Å². The molecule has 1 unspecified atom stereocenters. The van der Waals surface area contributed by atoms with Crippen LogP contribution in [-0.4, -0.2) is 37.2 Å². The number of rotatable bonds is 55. The van der Waals surface area contributed by atoms with E-state index >= 15 is 0 Å². The Morgan fingerprint density at radius 2 is 0.534 bits per heavy atom. The molecule has 0 radical (unpaired) electrons. The molecule has 0 spiro atoms. The van der Waals surface area contributed by atoms with Crippen molar-refractivity contribution < 1.29 is 28.6 Å². The van der Waals surface area contributed by atoms with Crippen molar-refractivity contribution in [1.29, 1.82) is 0 Å². The maximum Gasteiger partial charge on any atom is 0.306 e. The van der Waals surface area contributed by atoms with Gasteiger partial charge >= 0.3 is 17.9 Å². The fourth-order valence-electron chi connectivity index (χ4n) is 8.48. The van der Waals surface area contributed by atoms with E-state index in [1.165, 1.54) is 116 Å². The molecule has 0 N–H and O–H groups in total. The van der Waals surface area contributed by atoms with Gasteiger partial charge in [-0.1, -0.05) is 266 Å². The maximum absolute atomic E-state index is 12.9. The van der Waals surface area contributed by atoms with Crippen molar-refractivity contribution in [2.75, 3.05) is 13.2 Å². The Morgan fingerprint density at radius 1 is 0.288 bits per heavy atom. The minimum Gasteiger partial charge on any atom is -0.462 e. The molecule has 0 aromatic rings. The normalized spacial score (nSPS) is 12.8. The van der Waals surface area contributed by atoms with Crippen LogP contribution in [-0.2, 0) is 28.6 Å². The van der Waals surface area contributed by atoms with E-state index in [1.807, 2.05) is 0 Å². The van der Waals surface area contributed by atoms with Gasteiger partial charge in [0.1, 0.15) is 13.2 Å². The summed E-state index contributed by atoms with van der Waals surface area (Å²) in [4.78, 5) is 38.2. The first-order valence-corrected chi connectivity index (χ1v) is 30.7. The molecule has 0 fully saturated rings. The van der Waals surface area contributed by atoms with Crippen LogP contribution >= 0.6 is 0 Å². The number of ether oxygens (including phenoxy) is 3. The van der Waals surface area contributed by atoms with Gasteiger partial charge in [0.2, 0.25) is 0 Å². The minimum atomic E-state index is -0.789. The van der Waals surface area contributed by atoms with E-state index in [9.17, 15) is 14.4 Å². The molecule has 0 aromatic carbocycles. The lowest BCUT2D eigenvalue weighted by molar-refractivity contribution is -0.167. The van der Waals surface area contributed by atoms with Crippen molar-refractivity contribution >= 4 is 17.9 Å². The van der Waals surface area contributed by atoms with Crippen LogP contribution in [0.15, 0.2) is 97.2 Å². The summed E-state index contributed by atoms with van der Waals surface area (Å²) >= 11 is 0.